The Bertz CT molecular complexity index is 1340. The van der Waals surface area contributed by atoms with E-state index in [0.29, 0.717) is 15.7 Å². The molecule has 4 aromatic rings. The van der Waals surface area contributed by atoms with Gasteiger partial charge in [-0.05, 0) is 69.8 Å². The predicted octanol–water partition coefficient (Wildman–Crippen LogP) is 6.47. The molecule has 0 saturated heterocycles. The molecule has 0 fully saturated rings. The highest BCUT2D eigenvalue weighted by Crippen LogP contribution is 2.33. The van der Waals surface area contributed by atoms with Gasteiger partial charge in [0.1, 0.15) is 11.8 Å². The second-order valence-corrected chi connectivity index (χ2v) is 11.4. The number of ketones is 1. The Morgan fingerprint density at radius 3 is 2.24 bits per heavy atom. The van der Waals surface area contributed by atoms with Gasteiger partial charge in [0, 0.05) is 32.5 Å². The highest BCUT2D eigenvalue weighted by Gasteiger charge is 2.21. The van der Waals surface area contributed by atoms with Crippen LogP contribution in [0.3, 0.4) is 0 Å². The normalized spacial score (nSPS) is 11.9. The van der Waals surface area contributed by atoms with E-state index >= 15 is 0 Å². The van der Waals surface area contributed by atoms with E-state index in [-0.39, 0.29) is 15.6 Å². The molecule has 0 aliphatic heterocycles. The maximum atomic E-state index is 12.7. The number of aromatic nitrogens is 1. The molecule has 33 heavy (non-hydrogen) atoms. The first-order valence-corrected chi connectivity index (χ1v) is 13.6. The standard InChI is InChI=1S/C17H13BrO3S2.C7H6BrNO/c18-15-9-8-13(23(20,21)12-5-2-1-3-6-12)11-14(15)17(19)16-7-4-10-22-16;1-5(10)7-6(8)3-2-4-9-7/h1-11,17,19H;2-4H,1H3. The number of halogens is 2. The zero-order chi connectivity index (χ0) is 24.0. The van der Waals surface area contributed by atoms with Crippen molar-refractivity contribution in [3.8, 4) is 0 Å². The third-order valence-electron chi connectivity index (χ3n) is 4.53. The zero-order valence-electron chi connectivity index (χ0n) is 17.4. The summed E-state index contributed by atoms with van der Waals surface area (Å²) in [4.78, 5) is 15.8. The number of aliphatic hydroxyl groups excluding tert-OH is 1. The molecule has 0 amide bonds. The van der Waals surface area contributed by atoms with Crippen molar-refractivity contribution in [3.05, 3.63) is 109 Å². The first-order valence-electron chi connectivity index (χ1n) is 9.64. The van der Waals surface area contributed by atoms with Crippen molar-refractivity contribution in [1.29, 1.82) is 0 Å². The number of hydrogen-bond acceptors (Lipinski definition) is 6. The number of benzene rings is 2. The number of Topliss-reactive ketones (excluding diaryl/α,β-unsaturated/α-hetero) is 1. The molecular formula is C24H19Br2NO4S2. The van der Waals surface area contributed by atoms with Crippen LogP contribution >= 0.6 is 43.2 Å². The van der Waals surface area contributed by atoms with Crippen LogP contribution < -0.4 is 0 Å². The molecule has 2 aromatic heterocycles. The van der Waals surface area contributed by atoms with Crippen molar-refractivity contribution in [1.82, 2.24) is 4.98 Å². The summed E-state index contributed by atoms with van der Waals surface area (Å²) >= 11 is 8.03. The van der Waals surface area contributed by atoms with E-state index in [2.05, 4.69) is 36.8 Å². The third kappa shape index (κ3) is 6.24. The van der Waals surface area contributed by atoms with E-state index in [1.54, 1.807) is 54.7 Å². The fraction of sp³-hybridized carbons (Fsp3) is 0.0833. The Kier molecular flexibility index (Phi) is 8.72. The molecule has 0 spiro atoms. The third-order valence-corrected chi connectivity index (χ3v) is 8.58. The van der Waals surface area contributed by atoms with Gasteiger partial charge in [0.25, 0.3) is 0 Å². The fourth-order valence-corrected chi connectivity index (χ4v) is 5.92. The zero-order valence-corrected chi connectivity index (χ0v) is 22.2. The van der Waals surface area contributed by atoms with Gasteiger partial charge in [-0.3, -0.25) is 9.78 Å². The second kappa shape index (κ2) is 11.3. The Balaban J connectivity index is 0.000000257. The van der Waals surface area contributed by atoms with Crippen molar-refractivity contribution in [2.75, 3.05) is 0 Å². The summed E-state index contributed by atoms with van der Waals surface area (Å²) in [6.45, 7) is 1.49. The number of hydrogen-bond donors (Lipinski definition) is 1. The topological polar surface area (TPSA) is 84.3 Å². The molecule has 0 aliphatic carbocycles. The number of carbonyl (C=O) groups excluding carboxylic acids is 1. The lowest BCUT2D eigenvalue weighted by Gasteiger charge is -2.13. The van der Waals surface area contributed by atoms with Gasteiger partial charge < -0.3 is 5.11 Å². The number of nitrogens with zero attached hydrogens (tertiary/aromatic N) is 1. The van der Waals surface area contributed by atoms with E-state index in [1.807, 2.05) is 17.5 Å². The fourth-order valence-electron chi connectivity index (χ4n) is 2.88. The van der Waals surface area contributed by atoms with Gasteiger partial charge in [-0.1, -0.05) is 40.2 Å². The lowest BCUT2D eigenvalue weighted by Crippen LogP contribution is -2.05. The molecule has 9 heteroatoms. The van der Waals surface area contributed by atoms with Gasteiger partial charge in [-0.25, -0.2) is 8.42 Å². The largest absolute Gasteiger partial charge is 0.383 e. The van der Waals surface area contributed by atoms with Crippen LogP contribution in [-0.2, 0) is 9.84 Å². The van der Waals surface area contributed by atoms with Gasteiger partial charge in [-0.2, -0.15) is 0 Å². The quantitative estimate of drug-likeness (QED) is 0.262. The van der Waals surface area contributed by atoms with Crippen LogP contribution in [0.2, 0.25) is 0 Å². The second-order valence-electron chi connectivity index (χ2n) is 6.81. The van der Waals surface area contributed by atoms with Crippen LogP contribution in [0.4, 0.5) is 0 Å². The van der Waals surface area contributed by atoms with Gasteiger partial charge in [0.05, 0.1) is 9.79 Å². The van der Waals surface area contributed by atoms with Crippen LogP contribution in [0.1, 0.15) is 34.0 Å². The van der Waals surface area contributed by atoms with Crippen molar-refractivity contribution in [3.63, 3.8) is 0 Å². The highest BCUT2D eigenvalue weighted by atomic mass is 79.9. The maximum Gasteiger partial charge on any atom is 0.206 e. The number of aliphatic hydroxyl groups is 1. The van der Waals surface area contributed by atoms with Crippen molar-refractivity contribution < 1.29 is 18.3 Å². The van der Waals surface area contributed by atoms with Crippen LogP contribution in [0.5, 0.6) is 0 Å². The molecule has 170 valence electrons. The minimum Gasteiger partial charge on any atom is -0.383 e. The van der Waals surface area contributed by atoms with Crippen molar-refractivity contribution in [2.24, 2.45) is 0 Å². The summed E-state index contributed by atoms with van der Waals surface area (Å²) in [6, 6.07) is 20.2. The van der Waals surface area contributed by atoms with Crippen LogP contribution in [0, 0.1) is 0 Å². The Hall–Kier alpha value is -2.17. The van der Waals surface area contributed by atoms with E-state index < -0.39 is 15.9 Å². The predicted molar refractivity (Wildman–Crippen MR) is 136 cm³/mol. The minimum absolute atomic E-state index is 0.0209. The van der Waals surface area contributed by atoms with Gasteiger partial charge in [0.2, 0.25) is 9.84 Å². The van der Waals surface area contributed by atoms with E-state index in [4.69, 9.17) is 0 Å². The highest BCUT2D eigenvalue weighted by molar-refractivity contribution is 9.10. The first-order chi connectivity index (χ1) is 15.7. The maximum absolute atomic E-state index is 12.7. The molecule has 0 bridgehead atoms. The molecule has 2 aromatic carbocycles. The summed E-state index contributed by atoms with van der Waals surface area (Å²) in [5.41, 5.74) is 1.02. The number of thiophene rings is 1. The minimum atomic E-state index is -3.61. The van der Waals surface area contributed by atoms with E-state index in [0.717, 1.165) is 9.35 Å². The molecule has 0 aliphatic rings. The number of pyridine rings is 1. The van der Waals surface area contributed by atoms with E-state index in [1.165, 1.54) is 30.4 Å². The van der Waals surface area contributed by atoms with Crippen LogP contribution in [0.15, 0.2) is 103 Å². The van der Waals surface area contributed by atoms with Crippen LogP contribution in [-0.4, -0.2) is 24.3 Å². The molecule has 2 heterocycles. The molecule has 1 N–H and O–H groups in total. The molecule has 0 radical (unpaired) electrons. The lowest BCUT2D eigenvalue weighted by molar-refractivity contribution is 0.101. The summed E-state index contributed by atoms with van der Waals surface area (Å²) in [5.74, 6) is -0.0209. The molecule has 4 rings (SSSR count). The first kappa shape index (κ1) is 25.5. The van der Waals surface area contributed by atoms with Gasteiger partial charge >= 0.3 is 0 Å². The Morgan fingerprint density at radius 2 is 1.67 bits per heavy atom. The van der Waals surface area contributed by atoms with Crippen molar-refractivity contribution >= 4 is 58.8 Å². The van der Waals surface area contributed by atoms with Gasteiger partial charge in [-0.15, -0.1) is 11.3 Å². The summed E-state index contributed by atoms with van der Waals surface area (Å²) in [7, 11) is -3.61. The average Bonchev–Trinajstić information content (AvgIpc) is 3.35. The molecule has 1 unspecified atom stereocenters. The number of carbonyl (C=O) groups is 1. The summed E-state index contributed by atoms with van der Waals surface area (Å²) < 4.78 is 26.8. The molecule has 5 nitrogen and oxygen atoms in total. The average molecular weight is 609 g/mol. The Labute approximate surface area is 213 Å². The smallest absolute Gasteiger partial charge is 0.206 e. The summed E-state index contributed by atoms with van der Waals surface area (Å²) in [6.07, 6.45) is 0.733. The van der Waals surface area contributed by atoms with Crippen molar-refractivity contribution in [2.45, 2.75) is 22.8 Å². The number of rotatable bonds is 5. The molecule has 1 atom stereocenters. The Morgan fingerprint density at radius 1 is 0.939 bits per heavy atom. The van der Waals surface area contributed by atoms with Gasteiger partial charge in [0.15, 0.2) is 5.78 Å². The lowest BCUT2D eigenvalue weighted by atomic mass is 10.1. The monoisotopic (exact) mass is 607 g/mol. The summed E-state index contributed by atoms with van der Waals surface area (Å²) in [5, 5.41) is 12.4. The SMILES string of the molecule is CC(=O)c1ncccc1Br.O=S(=O)(c1ccccc1)c1ccc(Br)c(C(O)c2cccs2)c1. The van der Waals surface area contributed by atoms with Crippen LogP contribution in [0.25, 0.3) is 0 Å². The van der Waals surface area contributed by atoms with E-state index in [9.17, 15) is 18.3 Å². The molecule has 0 saturated carbocycles. The molecular weight excluding hydrogens is 590 g/mol. The number of sulfone groups is 1.